The third-order valence-corrected chi connectivity index (χ3v) is 6.02. The number of nitriles is 1. The lowest BCUT2D eigenvalue weighted by molar-refractivity contribution is 0.122. The lowest BCUT2D eigenvalue weighted by atomic mass is 9.69. The fourth-order valence-corrected chi connectivity index (χ4v) is 3.69. The van der Waals surface area contributed by atoms with Gasteiger partial charge < -0.3 is 10.8 Å². The Balaban J connectivity index is 0.000000888. The number of aryl methyl sites for hydroxylation is 1. The predicted octanol–water partition coefficient (Wildman–Crippen LogP) is 7.92. The van der Waals surface area contributed by atoms with Crippen LogP contribution in [-0.2, 0) is 5.50 Å². The zero-order valence-electron chi connectivity index (χ0n) is 23.4. The van der Waals surface area contributed by atoms with Gasteiger partial charge in [0.05, 0.1) is 11.6 Å². The van der Waals surface area contributed by atoms with Crippen LogP contribution in [0.25, 0.3) is 11.1 Å². The van der Waals surface area contributed by atoms with E-state index in [2.05, 4.69) is 64.6 Å². The molecule has 188 valence electrons. The summed E-state index contributed by atoms with van der Waals surface area (Å²) in [5.41, 5.74) is 12.0. The van der Waals surface area contributed by atoms with Crippen LogP contribution in [0.3, 0.4) is 0 Å². The average molecular weight is 473 g/mol. The number of rotatable bonds is 7. The predicted molar refractivity (Wildman–Crippen MR) is 153 cm³/mol. The van der Waals surface area contributed by atoms with Crippen molar-refractivity contribution in [2.24, 2.45) is 5.73 Å². The number of hydrogen-bond acceptors (Lipinski definition) is 3. The number of hydrogen-bond donors (Lipinski definition) is 2. The van der Waals surface area contributed by atoms with E-state index in [1.165, 1.54) is 5.56 Å². The first-order valence-electron chi connectivity index (χ1n) is 12.7. The highest BCUT2D eigenvalue weighted by Crippen LogP contribution is 2.36. The van der Waals surface area contributed by atoms with E-state index in [9.17, 15) is 10.4 Å². The molecule has 0 aliphatic carbocycles. The summed E-state index contributed by atoms with van der Waals surface area (Å²) in [6.45, 7) is 21.9. The van der Waals surface area contributed by atoms with E-state index < -0.39 is 5.50 Å². The number of aliphatic hydroxyl groups is 1. The molecule has 0 saturated carbocycles. The second-order valence-electron chi connectivity index (χ2n) is 8.81. The fraction of sp³-hybridized carbons (Fsp3) is 0.452. The summed E-state index contributed by atoms with van der Waals surface area (Å²) in [4.78, 5) is 0. The molecule has 0 bridgehead atoms. The van der Waals surface area contributed by atoms with E-state index in [0.717, 1.165) is 46.4 Å². The van der Waals surface area contributed by atoms with Crippen molar-refractivity contribution < 1.29 is 5.11 Å². The highest BCUT2D eigenvalue weighted by molar-refractivity contribution is 6.15. The van der Waals surface area contributed by atoms with Crippen molar-refractivity contribution in [2.75, 3.05) is 0 Å². The average Bonchev–Trinajstić information content (AvgIpc) is 2.86. The molecular weight excluding hydrogens is 427 g/mol. The number of allylic oxidation sites excluding steroid dienone is 2. The van der Waals surface area contributed by atoms with Crippen LogP contribution < -0.4 is 5.73 Å². The van der Waals surface area contributed by atoms with Gasteiger partial charge in [-0.1, -0.05) is 85.4 Å². The maximum absolute atomic E-state index is 10.6. The molecule has 2 rings (SSSR count). The van der Waals surface area contributed by atoms with Crippen molar-refractivity contribution in [3.63, 3.8) is 0 Å². The van der Waals surface area contributed by atoms with Crippen LogP contribution in [-0.4, -0.2) is 13.0 Å². The summed E-state index contributed by atoms with van der Waals surface area (Å²) in [5, 5.41) is 20.2. The van der Waals surface area contributed by atoms with Gasteiger partial charge in [0, 0.05) is 11.2 Å². The maximum atomic E-state index is 10.6. The molecule has 0 amide bonds. The van der Waals surface area contributed by atoms with Crippen LogP contribution in [0.5, 0.6) is 0 Å². The van der Waals surface area contributed by atoms with Crippen molar-refractivity contribution in [1.82, 2.24) is 0 Å². The largest absolute Gasteiger partial charge is 0.399 e. The molecule has 35 heavy (non-hydrogen) atoms. The Morgan fingerprint density at radius 1 is 1.17 bits per heavy atom. The van der Waals surface area contributed by atoms with Crippen LogP contribution >= 0.6 is 0 Å². The molecule has 2 radical (unpaired) electrons. The number of nitrogens with zero attached hydrogens (tertiary/aromatic N) is 1. The number of nitrogens with two attached hydrogens (primary N) is 1. The van der Waals surface area contributed by atoms with Gasteiger partial charge in [0.25, 0.3) is 0 Å². The highest BCUT2D eigenvalue weighted by Gasteiger charge is 2.28. The van der Waals surface area contributed by atoms with E-state index in [4.69, 9.17) is 13.6 Å². The van der Waals surface area contributed by atoms with Gasteiger partial charge in [0.15, 0.2) is 0 Å². The Bertz CT molecular complexity index is 1030. The molecule has 0 saturated heterocycles. The van der Waals surface area contributed by atoms with E-state index in [1.54, 1.807) is 0 Å². The molecule has 0 aliphatic rings. The molecule has 2 aromatic rings. The zero-order chi connectivity index (χ0) is 27.3. The molecule has 0 spiro atoms. The molecule has 0 aliphatic heterocycles. The first-order chi connectivity index (χ1) is 16.4. The monoisotopic (exact) mass is 472 g/mol. The molecule has 3 nitrogen and oxygen atoms in total. The summed E-state index contributed by atoms with van der Waals surface area (Å²) in [7, 11) is 6.10. The highest BCUT2D eigenvalue weighted by atomic mass is 16.3. The molecule has 1 atom stereocenters. The van der Waals surface area contributed by atoms with Crippen LogP contribution in [0.4, 0.5) is 0 Å². The summed E-state index contributed by atoms with van der Waals surface area (Å²) in [6, 6.07) is 12.7. The molecule has 3 N–H and O–H groups in total. The van der Waals surface area contributed by atoms with Gasteiger partial charge in [-0.2, -0.15) is 5.26 Å². The Labute approximate surface area is 216 Å². The molecule has 2 aromatic carbocycles. The Kier molecular flexibility index (Phi) is 14.1. The lowest BCUT2D eigenvalue weighted by Crippen LogP contribution is -2.28. The van der Waals surface area contributed by atoms with Crippen molar-refractivity contribution in [2.45, 2.75) is 93.0 Å². The molecule has 1 unspecified atom stereocenters. The van der Waals surface area contributed by atoms with Crippen LogP contribution in [0.1, 0.15) is 101 Å². The zero-order valence-corrected chi connectivity index (χ0v) is 23.4. The minimum atomic E-state index is -1.51. The first-order valence-corrected chi connectivity index (χ1v) is 12.7. The van der Waals surface area contributed by atoms with Gasteiger partial charge in [-0.3, -0.25) is 0 Å². The van der Waals surface area contributed by atoms with Gasteiger partial charge in [-0.05, 0) is 84.0 Å². The summed E-state index contributed by atoms with van der Waals surface area (Å²) >= 11 is 0. The van der Waals surface area contributed by atoms with Crippen LogP contribution in [0, 0.1) is 25.2 Å². The summed E-state index contributed by atoms with van der Waals surface area (Å²) in [6.07, 6.45) is 4.27. The third-order valence-electron chi connectivity index (χ3n) is 6.02. The minimum Gasteiger partial charge on any atom is -0.399 e. The van der Waals surface area contributed by atoms with Gasteiger partial charge in [-0.15, -0.1) is 0 Å². The molecule has 0 fully saturated rings. The number of benzene rings is 2. The minimum absolute atomic E-state index is 0.345. The van der Waals surface area contributed by atoms with E-state index in [1.807, 2.05) is 46.8 Å². The van der Waals surface area contributed by atoms with Crippen molar-refractivity contribution in [1.29, 1.82) is 5.26 Å². The van der Waals surface area contributed by atoms with Gasteiger partial charge >= 0.3 is 0 Å². The maximum Gasteiger partial charge on any atom is 0.120 e. The van der Waals surface area contributed by atoms with E-state index in [0.29, 0.717) is 23.5 Å². The Morgan fingerprint density at radius 2 is 1.71 bits per heavy atom. The standard InChI is InChI=1S/C21H24BNO.C8H15N.C2H6/c1-6-21(22,24)20-15(5)18(11-14(4)19(20)12-23)17-9-7-16(8-10-17)13(2)3;1-4-6-8(9)7(3)5-2;1-2/h7-11,13,24H,6H2,1-5H3;6H,3-5,9H2,1-2H3;1-2H3/b;8-6-;. The van der Waals surface area contributed by atoms with Gasteiger partial charge in [0.2, 0.25) is 0 Å². The molecule has 4 heteroatoms. The second kappa shape index (κ2) is 15.3. The molecule has 0 heterocycles. The second-order valence-corrected chi connectivity index (χ2v) is 8.81. The topological polar surface area (TPSA) is 70.0 Å². The Morgan fingerprint density at radius 3 is 2.11 bits per heavy atom. The van der Waals surface area contributed by atoms with Crippen LogP contribution in [0.15, 0.2) is 54.3 Å². The first kappa shape index (κ1) is 32.2. The summed E-state index contributed by atoms with van der Waals surface area (Å²) in [5.74, 6) is 0.479. The molecule has 0 aromatic heterocycles. The lowest BCUT2D eigenvalue weighted by Gasteiger charge is -2.28. The third kappa shape index (κ3) is 8.75. The van der Waals surface area contributed by atoms with E-state index >= 15 is 0 Å². The van der Waals surface area contributed by atoms with Crippen molar-refractivity contribution >= 4 is 7.85 Å². The quantitative estimate of drug-likeness (QED) is 0.318. The van der Waals surface area contributed by atoms with Crippen molar-refractivity contribution in [3.05, 3.63) is 82.1 Å². The SMILES string of the molecule is C=C(CC)/C(N)=C/CC.CC.[B]C(O)(CC)c1c(C)c(-c2ccc(C(C)C)cc2)cc(C)c1C#N. The fourth-order valence-electron chi connectivity index (χ4n) is 3.69. The van der Waals surface area contributed by atoms with Crippen LogP contribution in [0.2, 0.25) is 0 Å². The van der Waals surface area contributed by atoms with Gasteiger partial charge in [-0.25, -0.2) is 0 Å². The molecular formula is C31H45BN2O. The summed E-state index contributed by atoms with van der Waals surface area (Å²) < 4.78 is 0. The van der Waals surface area contributed by atoms with Crippen molar-refractivity contribution in [3.8, 4) is 17.2 Å². The smallest absolute Gasteiger partial charge is 0.120 e. The normalized spacial score (nSPS) is 12.5. The Hall–Kier alpha value is -2.77. The van der Waals surface area contributed by atoms with Gasteiger partial charge in [0.1, 0.15) is 7.85 Å². The van der Waals surface area contributed by atoms with E-state index in [-0.39, 0.29) is 0 Å².